The SMILES string of the molecule is CCC(=CC(=O)O)C(=O)O. The van der Waals surface area contributed by atoms with Crippen molar-refractivity contribution in [3.63, 3.8) is 0 Å². The first-order valence-corrected chi connectivity index (χ1v) is 2.74. The molecule has 0 aliphatic heterocycles. The molecule has 0 aromatic rings. The topological polar surface area (TPSA) is 74.6 Å². The van der Waals surface area contributed by atoms with Gasteiger partial charge in [0.1, 0.15) is 0 Å². The van der Waals surface area contributed by atoms with Crippen LogP contribution in [-0.2, 0) is 9.59 Å². The second-order valence-corrected chi connectivity index (χ2v) is 1.67. The van der Waals surface area contributed by atoms with E-state index in [1.807, 2.05) is 0 Å². The summed E-state index contributed by atoms with van der Waals surface area (Å²) in [6.07, 6.45) is 0.921. The highest BCUT2D eigenvalue weighted by atomic mass is 16.4. The van der Waals surface area contributed by atoms with E-state index in [4.69, 9.17) is 10.2 Å². The minimum Gasteiger partial charge on any atom is -0.478 e. The standard InChI is InChI=1S/C6H8O4/c1-2-4(6(9)10)3-5(7)8/h3H,2H2,1H3,(H,7,8)(H,9,10). The maximum atomic E-state index is 10.1. The summed E-state index contributed by atoms with van der Waals surface area (Å²) < 4.78 is 0. The Bertz CT molecular complexity index is 180. The zero-order valence-electron chi connectivity index (χ0n) is 5.50. The Morgan fingerprint density at radius 1 is 1.40 bits per heavy atom. The van der Waals surface area contributed by atoms with E-state index >= 15 is 0 Å². The number of rotatable bonds is 3. The molecular formula is C6H8O4. The molecule has 4 heteroatoms. The second kappa shape index (κ2) is 3.66. The van der Waals surface area contributed by atoms with E-state index in [1.165, 1.54) is 0 Å². The summed E-state index contributed by atoms with van der Waals surface area (Å²) in [7, 11) is 0. The molecule has 0 radical (unpaired) electrons. The fraction of sp³-hybridized carbons (Fsp3) is 0.333. The van der Waals surface area contributed by atoms with E-state index in [-0.39, 0.29) is 12.0 Å². The van der Waals surface area contributed by atoms with Crippen molar-refractivity contribution in [2.45, 2.75) is 13.3 Å². The van der Waals surface area contributed by atoms with Crippen LogP contribution in [0.2, 0.25) is 0 Å². The van der Waals surface area contributed by atoms with Crippen LogP contribution in [0.15, 0.2) is 11.6 Å². The summed E-state index contributed by atoms with van der Waals surface area (Å²) in [5.74, 6) is -2.40. The highest BCUT2D eigenvalue weighted by Crippen LogP contribution is 1.98. The maximum absolute atomic E-state index is 10.1. The van der Waals surface area contributed by atoms with E-state index in [9.17, 15) is 9.59 Å². The molecule has 4 nitrogen and oxygen atoms in total. The van der Waals surface area contributed by atoms with Crippen molar-refractivity contribution in [3.8, 4) is 0 Å². The molecule has 0 amide bonds. The van der Waals surface area contributed by atoms with Crippen LogP contribution in [0.25, 0.3) is 0 Å². The van der Waals surface area contributed by atoms with Gasteiger partial charge in [0.25, 0.3) is 0 Å². The summed E-state index contributed by atoms with van der Waals surface area (Å²) in [6, 6.07) is 0. The molecule has 0 bridgehead atoms. The molecule has 0 aromatic heterocycles. The molecule has 2 N–H and O–H groups in total. The first-order valence-electron chi connectivity index (χ1n) is 2.74. The predicted octanol–water partition coefficient (Wildman–Crippen LogP) is 0.492. The van der Waals surface area contributed by atoms with Crippen molar-refractivity contribution in [3.05, 3.63) is 11.6 Å². The van der Waals surface area contributed by atoms with Gasteiger partial charge in [-0.05, 0) is 6.42 Å². The molecule has 0 fully saturated rings. The summed E-state index contributed by atoms with van der Waals surface area (Å²) in [4.78, 5) is 20.1. The third-order valence-corrected chi connectivity index (χ3v) is 0.953. The van der Waals surface area contributed by atoms with Crippen LogP contribution >= 0.6 is 0 Å². The molecule has 0 aromatic carbocycles. The van der Waals surface area contributed by atoms with Crippen molar-refractivity contribution in [2.24, 2.45) is 0 Å². The highest BCUT2D eigenvalue weighted by molar-refractivity contribution is 5.94. The molecule has 0 spiro atoms. The second-order valence-electron chi connectivity index (χ2n) is 1.67. The number of hydrogen-bond donors (Lipinski definition) is 2. The lowest BCUT2D eigenvalue weighted by atomic mass is 10.2. The van der Waals surface area contributed by atoms with Crippen molar-refractivity contribution in [1.82, 2.24) is 0 Å². The van der Waals surface area contributed by atoms with Crippen LogP contribution < -0.4 is 0 Å². The number of carbonyl (C=O) groups is 2. The Labute approximate surface area is 57.8 Å². The van der Waals surface area contributed by atoms with Gasteiger partial charge in [0, 0.05) is 11.6 Å². The quantitative estimate of drug-likeness (QED) is 0.565. The Balaban J connectivity index is 4.34. The van der Waals surface area contributed by atoms with E-state index in [1.54, 1.807) is 6.92 Å². The van der Waals surface area contributed by atoms with Crippen molar-refractivity contribution in [1.29, 1.82) is 0 Å². The lowest BCUT2D eigenvalue weighted by Crippen LogP contribution is -2.02. The Kier molecular flexibility index (Phi) is 3.17. The van der Waals surface area contributed by atoms with Gasteiger partial charge in [0.2, 0.25) is 0 Å². The van der Waals surface area contributed by atoms with E-state index in [0.717, 1.165) is 0 Å². The van der Waals surface area contributed by atoms with Gasteiger partial charge in [-0.1, -0.05) is 6.92 Å². The normalized spacial score (nSPS) is 11.1. The molecule has 56 valence electrons. The number of carboxylic acids is 2. The maximum Gasteiger partial charge on any atom is 0.331 e. The predicted molar refractivity (Wildman–Crippen MR) is 33.6 cm³/mol. The van der Waals surface area contributed by atoms with E-state index < -0.39 is 11.9 Å². The van der Waals surface area contributed by atoms with Crippen molar-refractivity contribution >= 4 is 11.9 Å². The molecule has 0 unspecified atom stereocenters. The average Bonchev–Trinajstić information content (AvgIpc) is 1.81. The average molecular weight is 144 g/mol. The van der Waals surface area contributed by atoms with E-state index in [2.05, 4.69) is 0 Å². The van der Waals surface area contributed by atoms with Crippen LogP contribution in [-0.4, -0.2) is 22.2 Å². The summed E-state index contributed by atoms with van der Waals surface area (Å²) >= 11 is 0. The minimum atomic E-state index is -1.22. The van der Waals surface area contributed by atoms with Crippen LogP contribution in [0.4, 0.5) is 0 Å². The van der Waals surface area contributed by atoms with Crippen LogP contribution in [0, 0.1) is 0 Å². The largest absolute Gasteiger partial charge is 0.478 e. The first kappa shape index (κ1) is 8.68. The summed E-state index contributed by atoms with van der Waals surface area (Å²) in [5.41, 5.74) is -0.0903. The van der Waals surface area contributed by atoms with Gasteiger partial charge >= 0.3 is 11.9 Å². The first-order chi connectivity index (χ1) is 4.57. The summed E-state index contributed by atoms with van der Waals surface area (Å²) in [5, 5.41) is 16.4. The van der Waals surface area contributed by atoms with Gasteiger partial charge in [-0.15, -0.1) is 0 Å². The molecule has 0 heterocycles. The van der Waals surface area contributed by atoms with Gasteiger partial charge in [0.05, 0.1) is 0 Å². The van der Waals surface area contributed by atoms with Crippen molar-refractivity contribution in [2.75, 3.05) is 0 Å². The van der Waals surface area contributed by atoms with Gasteiger partial charge in [-0.2, -0.15) is 0 Å². The van der Waals surface area contributed by atoms with Gasteiger partial charge in [-0.3, -0.25) is 0 Å². The van der Waals surface area contributed by atoms with Crippen LogP contribution in [0.1, 0.15) is 13.3 Å². The van der Waals surface area contributed by atoms with Gasteiger partial charge < -0.3 is 10.2 Å². The fourth-order valence-electron chi connectivity index (χ4n) is 0.464. The Morgan fingerprint density at radius 2 is 1.90 bits per heavy atom. The van der Waals surface area contributed by atoms with Crippen LogP contribution in [0.5, 0.6) is 0 Å². The smallest absolute Gasteiger partial charge is 0.331 e. The lowest BCUT2D eigenvalue weighted by molar-refractivity contribution is -0.135. The van der Waals surface area contributed by atoms with Gasteiger partial charge in [0.15, 0.2) is 0 Å². The van der Waals surface area contributed by atoms with Crippen LogP contribution in [0.3, 0.4) is 0 Å². The minimum absolute atomic E-state index is 0.0903. The fourth-order valence-corrected chi connectivity index (χ4v) is 0.464. The molecule has 0 atom stereocenters. The highest BCUT2D eigenvalue weighted by Gasteiger charge is 2.05. The Morgan fingerprint density at radius 3 is 2.00 bits per heavy atom. The molecule has 0 saturated heterocycles. The monoisotopic (exact) mass is 144 g/mol. The summed E-state index contributed by atoms with van der Waals surface area (Å²) in [6.45, 7) is 1.59. The van der Waals surface area contributed by atoms with E-state index in [0.29, 0.717) is 6.08 Å². The number of hydrogen-bond acceptors (Lipinski definition) is 2. The Hall–Kier alpha value is -1.32. The third kappa shape index (κ3) is 2.86. The molecule has 0 aliphatic rings. The molecule has 10 heavy (non-hydrogen) atoms. The molecule has 0 aliphatic carbocycles. The third-order valence-electron chi connectivity index (χ3n) is 0.953. The van der Waals surface area contributed by atoms with Gasteiger partial charge in [-0.25, -0.2) is 9.59 Å². The zero-order valence-corrected chi connectivity index (χ0v) is 5.50. The molecular weight excluding hydrogens is 136 g/mol. The van der Waals surface area contributed by atoms with Crippen molar-refractivity contribution < 1.29 is 19.8 Å². The molecule has 0 saturated carbocycles. The lowest BCUT2D eigenvalue weighted by Gasteiger charge is -1.92. The number of carboxylic acid groups (broad SMARTS) is 2. The zero-order chi connectivity index (χ0) is 8.15. The molecule has 0 rings (SSSR count). The number of aliphatic carboxylic acids is 2.